The highest BCUT2D eigenvalue weighted by Crippen LogP contribution is 2.24. The molecule has 0 aliphatic rings. The fourth-order valence-electron chi connectivity index (χ4n) is 2.04. The molecule has 0 fully saturated rings. The lowest BCUT2D eigenvalue weighted by Gasteiger charge is -2.06. The second-order valence-electron chi connectivity index (χ2n) is 4.71. The van der Waals surface area contributed by atoms with Crippen molar-refractivity contribution in [2.75, 3.05) is 11.1 Å². The summed E-state index contributed by atoms with van der Waals surface area (Å²) in [5.41, 5.74) is 6.39. The molecule has 0 aliphatic carbocycles. The first-order valence-corrected chi connectivity index (χ1v) is 7.85. The lowest BCUT2D eigenvalue weighted by atomic mass is 10.3. The molecule has 1 aromatic carbocycles. The van der Waals surface area contributed by atoms with Crippen molar-refractivity contribution in [3.8, 4) is 0 Å². The van der Waals surface area contributed by atoms with E-state index in [1.807, 2.05) is 0 Å². The molecular formula is C15H12FN3O2S2. The minimum atomic E-state index is -0.432. The van der Waals surface area contributed by atoms with Gasteiger partial charge < -0.3 is 20.0 Å². The molecule has 8 heteroatoms. The maximum absolute atomic E-state index is 13.2. The van der Waals surface area contributed by atoms with Crippen LogP contribution in [0.5, 0.6) is 0 Å². The standard InChI is InChI=1S/C15H12FN3O2S2/c16-9-3-1-4-10(7-9)18-14(20)12-13(17)19(15(22)23-12)8-11-5-2-6-21-11/h1-7H,8,17H2,(H,18,20). The van der Waals surface area contributed by atoms with Crippen molar-refractivity contribution in [1.29, 1.82) is 0 Å². The number of hydrogen-bond donors (Lipinski definition) is 2. The summed E-state index contributed by atoms with van der Waals surface area (Å²) in [6, 6.07) is 9.19. The molecule has 2 heterocycles. The van der Waals surface area contributed by atoms with Crippen molar-refractivity contribution in [2.45, 2.75) is 6.54 Å². The number of anilines is 2. The number of thiazole rings is 1. The molecule has 3 rings (SSSR count). The molecule has 3 aromatic rings. The molecular weight excluding hydrogens is 337 g/mol. The zero-order valence-electron chi connectivity index (χ0n) is 11.8. The Bertz CT molecular complexity index is 900. The number of carbonyl (C=O) groups is 1. The monoisotopic (exact) mass is 349 g/mol. The smallest absolute Gasteiger partial charge is 0.269 e. The van der Waals surface area contributed by atoms with Crippen molar-refractivity contribution in [3.63, 3.8) is 0 Å². The van der Waals surface area contributed by atoms with E-state index in [1.165, 1.54) is 18.2 Å². The average Bonchev–Trinajstić information content (AvgIpc) is 3.11. The van der Waals surface area contributed by atoms with Crippen LogP contribution in [0.3, 0.4) is 0 Å². The molecule has 0 aliphatic heterocycles. The first-order valence-electron chi connectivity index (χ1n) is 6.63. The van der Waals surface area contributed by atoms with Crippen molar-refractivity contribution in [2.24, 2.45) is 0 Å². The van der Waals surface area contributed by atoms with Crippen LogP contribution in [0.4, 0.5) is 15.9 Å². The Hall–Kier alpha value is -2.45. The summed E-state index contributed by atoms with van der Waals surface area (Å²) in [5, 5.41) is 2.61. The van der Waals surface area contributed by atoms with Crippen LogP contribution < -0.4 is 11.1 Å². The van der Waals surface area contributed by atoms with Crippen LogP contribution in [0.2, 0.25) is 0 Å². The normalized spacial score (nSPS) is 10.7. The van der Waals surface area contributed by atoms with Crippen LogP contribution in [0.25, 0.3) is 0 Å². The Morgan fingerprint density at radius 1 is 1.39 bits per heavy atom. The molecule has 118 valence electrons. The number of hydrogen-bond acceptors (Lipinski definition) is 5. The van der Waals surface area contributed by atoms with E-state index in [1.54, 1.807) is 29.0 Å². The number of nitrogens with one attached hydrogen (secondary N) is 1. The highest BCUT2D eigenvalue weighted by atomic mass is 32.1. The minimum Gasteiger partial charge on any atom is -0.467 e. The molecule has 3 N–H and O–H groups in total. The van der Waals surface area contributed by atoms with Crippen LogP contribution >= 0.6 is 23.6 Å². The quantitative estimate of drug-likeness (QED) is 0.701. The Morgan fingerprint density at radius 2 is 2.22 bits per heavy atom. The predicted molar refractivity (Wildman–Crippen MR) is 89.7 cm³/mol. The van der Waals surface area contributed by atoms with Gasteiger partial charge in [-0.05, 0) is 42.5 Å². The topological polar surface area (TPSA) is 73.2 Å². The van der Waals surface area contributed by atoms with E-state index >= 15 is 0 Å². The second kappa shape index (κ2) is 6.35. The number of nitrogens with two attached hydrogens (primary N) is 1. The van der Waals surface area contributed by atoms with Gasteiger partial charge in [0, 0.05) is 5.69 Å². The molecule has 0 saturated carbocycles. The molecule has 0 unspecified atom stereocenters. The summed E-state index contributed by atoms with van der Waals surface area (Å²) in [6.07, 6.45) is 1.55. The number of furan rings is 1. The number of rotatable bonds is 4. The van der Waals surface area contributed by atoms with Crippen LogP contribution in [0.15, 0.2) is 47.1 Å². The van der Waals surface area contributed by atoms with Crippen molar-refractivity contribution in [3.05, 3.63) is 63.1 Å². The zero-order valence-corrected chi connectivity index (χ0v) is 13.4. The van der Waals surface area contributed by atoms with Gasteiger partial charge in [0.05, 0.1) is 12.8 Å². The first-order chi connectivity index (χ1) is 11.0. The van der Waals surface area contributed by atoms with E-state index in [2.05, 4.69) is 5.32 Å². The SMILES string of the molecule is Nc1c(C(=O)Nc2cccc(F)c2)sc(=S)n1Cc1ccco1. The molecule has 23 heavy (non-hydrogen) atoms. The summed E-state index contributed by atoms with van der Waals surface area (Å²) in [4.78, 5) is 12.6. The van der Waals surface area contributed by atoms with Gasteiger partial charge in [-0.25, -0.2) is 4.39 Å². The Morgan fingerprint density at radius 3 is 2.91 bits per heavy atom. The van der Waals surface area contributed by atoms with Gasteiger partial charge in [0.2, 0.25) is 0 Å². The third-order valence-corrected chi connectivity index (χ3v) is 4.58. The zero-order chi connectivity index (χ0) is 16.4. The number of nitrogen functional groups attached to an aromatic ring is 1. The van der Waals surface area contributed by atoms with Gasteiger partial charge in [-0.1, -0.05) is 17.4 Å². The highest BCUT2D eigenvalue weighted by molar-refractivity contribution is 7.73. The fourth-order valence-corrected chi connectivity index (χ4v) is 3.26. The highest BCUT2D eigenvalue weighted by Gasteiger charge is 2.18. The van der Waals surface area contributed by atoms with Gasteiger partial charge in [0.25, 0.3) is 5.91 Å². The van der Waals surface area contributed by atoms with E-state index in [9.17, 15) is 9.18 Å². The molecule has 0 saturated heterocycles. The summed E-state index contributed by atoms with van der Waals surface area (Å²) in [6.45, 7) is 0.349. The number of nitrogens with zero attached hydrogens (tertiary/aromatic N) is 1. The number of benzene rings is 1. The Labute approximate surface area is 140 Å². The van der Waals surface area contributed by atoms with Gasteiger partial charge in [-0.2, -0.15) is 0 Å². The Balaban J connectivity index is 1.85. The number of halogens is 1. The summed E-state index contributed by atoms with van der Waals surface area (Å²) in [5.74, 6) is 0.0779. The molecule has 0 radical (unpaired) electrons. The van der Waals surface area contributed by atoms with Crippen molar-refractivity contribution >= 4 is 41.0 Å². The number of carbonyl (C=O) groups excluding carboxylic acids is 1. The van der Waals surface area contributed by atoms with E-state index in [-0.39, 0.29) is 10.7 Å². The van der Waals surface area contributed by atoms with Gasteiger partial charge in [0.1, 0.15) is 22.3 Å². The van der Waals surface area contributed by atoms with Gasteiger partial charge in [-0.15, -0.1) is 0 Å². The third kappa shape index (κ3) is 3.33. The van der Waals surface area contributed by atoms with Gasteiger partial charge in [-0.3, -0.25) is 4.79 Å². The van der Waals surface area contributed by atoms with E-state index in [0.717, 1.165) is 11.3 Å². The predicted octanol–water partition coefficient (Wildman–Crippen LogP) is 3.89. The maximum atomic E-state index is 13.2. The first kappa shape index (κ1) is 15.4. The molecule has 2 aromatic heterocycles. The van der Waals surface area contributed by atoms with Crippen LogP contribution in [-0.2, 0) is 6.54 Å². The van der Waals surface area contributed by atoms with Gasteiger partial charge >= 0.3 is 0 Å². The summed E-state index contributed by atoms with van der Waals surface area (Å²) >= 11 is 6.36. The van der Waals surface area contributed by atoms with Crippen LogP contribution in [-0.4, -0.2) is 10.5 Å². The lowest BCUT2D eigenvalue weighted by molar-refractivity contribution is 0.103. The Kier molecular flexibility index (Phi) is 4.26. The lowest BCUT2D eigenvalue weighted by Crippen LogP contribution is -2.14. The number of amides is 1. The molecule has 0 atom stereocenters. The summed E-state index contributed by atoms with van der Waals surface area (Å²) < 4.78 is 20.5. The van der Waals surface area contributed by atoms with Crippen molar-refractivity contribution < 1.29 is 13.6 Å². The number of aromatic nitrogens is 1. The molecule has 0 spiro atoms. The van der Waals surface area contributed by atoms with Gasteiger partial charge in [0.15, 0.2) is 3.95 Å². The average molecular weight is 349 g/mol. The maximum Gasteiger partial charge on any atom is 0.269 e. The third-order valence-electron chi connectivity index (χ3n) is 3.12. The van der Waals surface area contributed by atoms with Crippen molar-refractivity contribution in [1.82, 2.24) is 4.57 Å². The minimum absolute atomic E-state index is 0.255. The molecule has 5 nitrogen and oxygen atoms in total. The van der Waals surface area contributed by atoms with E-state index in [0.29, 0.717) is 21.9 Å². The largest absolute Gasteiger partial charge is 0.467 e. The fraction of sp³-hybridized carbons (Fsp3) is 0.0667. The van der Waals surface area contributed by atoms with E-state index < -0.39 is 11.7 Å². The van der Waals surface area contributed by atoms with Crippen LogP contribution in [0, 0.1) is 9.77 Å². The summed E-state index contributed by atoms with van der Waals surface area (Å²) in [7, 11) is 0. The molecule has 1 amide bonds. The second-order valence-corrected chi connectivity index (χ2v) is 6.36. The van der Waals surface area contributed by atoms with Crippen LogP contribution in [0.1, 0.15) is 15.4 Å². The molecule has 0 bridgehead atoms. The van der Waals surface area contributed by atoms with E-state index in [4.69, 9.17) is 22.4 Å².